The predicted molar refractivity (Wildman–Crippen MR) is 81.2 cm³/mol. The van der Waals surface area contributed by atoms with E-state index in [0.29, 0.717) is 15.0 Å². The van der Waals surface area contributed by atoms with E-state index in [1.807, 2.05) is 11.8 Å². The Balaban J connectivity index is 2.02. The number of rotatable bonds is 5. The van der Waals surface area contributed by atoms with Crippen molar-refractivity contribution < 1.29 is 4.74 Å². The Bertz CT molecular complexity index is 383. The quantitative estimate of drug-likeness (QED) is 0.590. The summed E-state index contributed by atoms with van der Waals surface area (Å²) in [5.41, 5.74) is 1.25. The first-order chi connectivity index (χ1) is 8.58. The average Bonchev–Trinajstić information content (AvgIpc) is 2.69. The van der Waals surface area contributed by atoms with Crippen LogP contribution in [-0.4, -0.2) is 24.5 Å². The van der Waals surface area contributed by atoms with Crippen LogP contribution in [0.1, 0.15) is 39.2 Å². The summed E-state index contributed by atoms with van der Waals surface area (Å²) in [6.45, 7) is 6.77. The number of ether oxygens (including phenoxy) is 1. The summed E-state index contributed by atoms with van der Waals surface area (Å²) in [5, 5.41) is 1.18. The zero-order chi connectivity index (χ0) is 13.1. The molecule has 100 valence electrons. The zero-order valence-electron chi connectivity index (χ0n) is 11.4. The Morgan fingerprint density at radius 3 is 2.67 bits per heavy atom. The van der Waals surface area contributed by atoms with Crippen LogP contribution in [0.2, 0.25) is 5.32 Å². The third-order valence-corrected chi connectivity index (χ3v) is 8.46. The van der Waals surface area contributed by atoms with Gasteiger partial charge >= 0.3 is 121 Å². The summed E-state index contributed by atoms with van der Waals surface area (Å²) in [6.07, 6.45) is 2.56. The van der Waals surface area contributed by atoms with Gasteiger partial charge in [0, 0.05) is 0 Å². The molecule has 1 aromatic rings. The topological polar surface area (TPSA) is 9.23 Å². The van der Waals surface area contributed by atoms with Gasteiger partial charge < -0.3 is 0 Å². The molecule has 1 nitrogen and oxygen atoms in total. The Morgan fingerprint density at radius 1 is 1.28 bits per heavy atom. The van der Waals surface area contributed by atoms with E-state index < -0.39 is 0 Å². The second-order valence-corrected chi connectivity index (χ2v) is 9.96. The van der Waals surface area contributed by atoms with Crippen LogP contribution in [-0.2, 0) is 10.3 Å². The fourth-order valence-electron chi connectivity index (χ4n) is 2.14. The first kappa shape index (κ1) is 14.5. The van der Waals surface area contributed by atoms with Crippen LogP contribution in [0.4, 0.5) is 0 Å². The second-order valence-electron chi connectivity index (χ2n) is 5.05. The molecular formula is C15H22OSSe. The summed E-state index contributed by atoms with van der Waals surface area (Å²) in [5.74, 6) is 1.22. The molecule has 2 atom stereocenters. The molecule has 1 aliphatic rings. The van der Waals surface area contributed by atoms with Gasteiger partial charge in [-0.1, -0.05) is 0 Å². The number of hydrogen-bond acceptors (Lipinski definition) is 2. The molecule has 0 saturated carbocycles. The Labute approximate surface area is 121 Å². The van der Waals surface area contributed by atoms with E-state index in [0.717, 1.165) is 0 Å². The van der Waals surface area contributed by atoms with E-state index in [2.05, 4.69) is 51.1 Å². The van der Waals surface area contributed by atoms with Crippen molar-refractivity contribution >= 4 is 26.7 Å². The molecule has 1 saturated heterocycles. The molecule has 0 aromatic heterocycles. The van der Waals surface area contributed by atoms with Crippen LogP contribution in [0.25, 0.3) is 0 Å². The third-order valence-electron chi connectivity index (χ3n) is 3.27. The van der Waals surface area contributed by atoms with Gasteiger partial charge in [0.25, 0.3) is 0 Å². The molecule has 0 N–H and O–H groups in total. The normalized spacial score (nSPS) is 31.7. The Kier molecular flexibility index (Phi) is 4.82. The maximum absolute atomic E-state index is 6.46. The molecule has 3 heteroatoms. The Morgan fingerprint density at radius 2 is 2.00 bits per heavy atom. The average molecular weight is 329 g/mol. The molecule has 0 spiro atoms. The van der Waals surface area contributed by atoms with E-state index in [4.69, 9.17) is 4.74 Å². The van der Waals surface area contributed by atoms with Crippen LogP contribution in [0.5, 0.6) is 0 Å². The molecule has 0 aliphatic carbocycles. The molecular weight excluding hydrogens is 307 g/mol. The van der Waals surface area contributed by atoms with Crippen molar-refractivity contribution in [2.75, 3.05) is 5.75 Å². The number of benzene rings is 1. The fraction of sp³-hybridized carbons (Fsp3) is 0.600. The van der Waals surface area contributed by atoms with Gasteiger partial charge in [-0.05, 0) is 0 Å². The summed E-state index contributed by atoms with van der Waals surface area (Å²) in [7, 11) is 0. The minimum atomic E-state index is -0.0742. The van der Waals surface area contributed by atoms with Gasteiger partial charge in [-0.15, -0.1) is 0 Å². The third kappa shape index (κ3) is 3.33. The van der Waals surface area contributed by atoms with Gasteiger partial charge in [-0.3, -0.25) is 0 Å². The monoisotopic (exact) mass is 330 g/mol. The number of unbranched alkanes of at least 4 members (excludes halogenated alkanes) is 1. The summed E-state index contributed by atoms with van der Waals surface area (Å²) >= 11 is 2.57. The molecule has 1 heterocycles. The van der Waals surface area contributed by atoms with E-state index in [1.165, 1.54) is 29.5 Å². The zero-order valence-corrected chi connectivity index (χ0v) is 14.0. The molecule has 1 aliphatic heterocycles. The van der Waals surface area contributed by atoms with E-state index >= 15 is 0 Å². The molecule has 18 heavy (non-hydrogen) atoms. The van der Waals surface area contributed by atoms with E-state index in [9.17, 15) is 0 Å². The molecule has 1 fully saturated rings. The minimum absolute atomic E-state index is 0.0623. The van der Waals surface area contributed by atoms with Crippen LogP contribution >= 0.6 is 11.8 Å². The first-order valence-electron chi connectivity index (χ1n) is 6.62. The van der Waals surface area contributed by atoms with Gasteiger partial charge in [0.05, 0.1) is 0 Å². The molecule has 2 rings (SSSR count). The molecule has 1 aromatic carbocycles. The SMILES string of the molecule is CCCCS[C@]1(C)O[C@](C)(c2ccccc2)C[Se]1. The second kappa shape index (κ2) is 6.00. The van der Waals surface area contributed by atoms with Crippen molar-refractivity contribution in [2.24, 2.45) is 0 Å². The van der Waals surface area contributed by atoms with Gasteiger partial charge in [-0.2, -0.15) is 0 Å². The van der Waals surface area contributed by atoms with Crippen LogP contribution in [0.15, 0.2) is 30.3 Å². The summed E-state index contributed by atoms with van der Waals surface area (Å²) in [6, 6.07) is 10.7. The van der Waals surface area contributed by atoms with Crippen molar-refractivity contribution in [3.05, 3.63) is 35.9 Å². The fourth-order valence-corrected chi connectivity index (χ4v) is 6.74. The van der Waals surface area contributed by atoms with Crippen molar-refractivity contribution in [3.8, 4) is 0 Å². The number of hydrogen-bond donors (Lipinski definition) is 0. The van der Waals surface area contributed by atoms with E-state index in [1.54, 1.807) is 0 Å². The van der Waals surface area contributed by atoms with Gasteiger partial charge in [0.1, 0.15) is 0 Å². The number of thioether (sulfide) groups is 1. The Hall–Kier alpha value is 0.0495. The summed E-state index contributed by atoms with van der Waals surface area (Å²) < 4.78 is 6.52. The van der Waals surface area contributed by atoms with E-state index in [-0.39, 0.29) is 9.43 Å². The van der Waals surface area contributed by atoms with Crippen molar-refractivity contribution in [1.29, 1.82) is 0 Å². The van der Waals surface area contributed by atoms with Gasteiger partial charge in [-0.25, -0.2) is 0 Å². The van der Waals surface area contributed by atoms with Gasteiger partial charge in [0.15, 0.2) is 0 Å². The summed E-state index contributed by atoms with van der Waals surface area (Å²) in [4.78, 5) is 0. The standard InChI is InChI=1S/C15H22OSSe/c1-4-5-11-17-15(3)16-14(2,12-18-15)13-9-7-6-8-10-13/h6-10H,4-5,11-12H2,1-3H3/t14-,15-/m0/s1. The van der Waals surface area contributed by atoms with Crippen LogP contribution in [0.3, 0.4) is 0 Å². The molecule has 0 radical (unpaired) electrons. The molecule has 0 unspecified atom stereocenters. The molecule has 0 amide bonds. The van der Waals surface area contributed by atoms with Crippen molar-refractivity contribution in [1.82, 2.24) is 0 Å². The first-order valence-corrected chi connectivity index (χ1v) is 9.67. The molecule has 0 bridgehead atoms. The predicted octanol–water partition coefficient (Wildman–Crippen LogP) is 4.26. The van der Waals surface area contributed by atoms with Crippen molar-refractivity contribution in [2.45, 2.75) is 48.4 Å². The maximum atomic E-state index is 6.46. The van der Waals surface area contributed by atoms with Crippen molar-refractivity contribution in [3.63, 3.8) is 0 Å². The van der Waals surface area contributed by atoms with Crippen LogP contribution in [0, 0.1) is 0 Å². The van der Waals surface area contributed by atoms with Gasteiger partial charge in [0.2, 0.25) is 0 Å². The van der Waals surface area contributed by atoms with Crippen LogP contribution < -0.4 is 0 Å².